The summed E-state index contributed by atoms with van der Waals surface area (Å²) in [5.74, 6) is 0. The fraction of sp³-hybridized carbons (Fsp3) is 0.625. The standard InChI is InChI=1S/C16H28N2S/c1-7-18(11-13(2)3)12-15-9-8-14(19-15)10-17-16(4,5)6/h8-9,17H,2,7,10-12H2,1,3-6H3. The summed E-state index contributed by atoms with van der Waals surface area (Å²) in [7, 11) is 0. The summed E-state index contributed by atoms with van der Waals surface area (Å²) >= 11 is 1.91. The van der Waals surface area contributed by atoms with Gasteiger partial charge in [-0.05, 0) is 46.4 Å². The molecule has 0 spiro atoms. The van der Waals surface area contributed by atoms with Gasteiger partial charge in [0.25, 0.3) is 0 Å². The topological polar surface area (TPSA) is 15.3 Å². The van der Waals surface area contributed by atoms with Crippen molar-refractivity contribution in [3.8, 4) is 0 Å². The van der Waals surface area contributed by atoms with Crippen LogP contribution in [0.25, 0.3) is 0 Å². The lowest BCUT2D eigenvalue weighted by Gasteiger charge is -2.20. The molecule has 0 saturated heterocycles. The highest BCUT2D eigenvalue weighted by Gasteiger charge is 2.10. The van der Waals surface area contributed by atoms with Crippen LogP contribution in [-0.4, -0.2) is 23.5 Å². The van der Waals surface area contributed by atoms with E-state index < -0.39 is 0 Å². The maximum Gasteiger partial charge on any atom is 0.0331 e. The van der Waals surface area contributed by atoms with Gasteiger partial charge in [0, 0.05) is 34.9 Å². The molecule has 0 saturated carbocycles. The van der Waals surface area contributed by atoms with Crippen LogP contribution in [0.15, 0.2) is 24.3 Å². The summed E-state index contributed by atoms with van der Waals surface area (Å²) in [6.45, 7) is 19.0. The third-order valence-corrected chi connectivity index (χ3v) is 3.90. The maximum absolute atomic E-state index is 4.00. The van der Waals surface area contributed by atoms with Gasteiger partial charge in [-0.1, -0.05) is 19.1 Å². The minimum Gasteiger partial charge on any atom is -0.307 e. The predicted molar refractivity (Wildman–Crippen MR) is 86.7 cm³/mol. The van der Waals surface area contributed by atoms with Gasteiger partial charge in [-0.25, -0.2) is 0 Å². The highest BCUT2D eigenvalue weighted by molar-refractivity contribution is 7.11. The van der Waals surface area contributed by atoms with Crippen LogP contribution in [0.2, 0.25) is 0 Å². The van der Waals surface area contributed by atoms with Crippen LogP contribution in [0.1, 0.15) is 44.4 Å². The number of likely N-dealkylation sites (N-methyl/N-ethyl adjacent to an activating group) is 1. The average Bonchev–Trinajstić information content (AvgIpc) is 2.72. The zero-order valence-corrected chi connectivity index (χ0v) is 13.9. The molecule has 0 aliphatic carbocycles. The lowest BCUT2D eigenvalue weighted by molar-refractivity contribution is 0.307. The normalized spacial score (nSPS) is 12.1. The first-order valence-electron chi connectivity index (χ1n) is 6.99. The molecule has 1 rings (SSSR count). The second-order valence-electron chi connectivity index (χ2n) is 6.23. The van der Waals surface area contributed by atoms with Crippen molar-refractivity contribution in [3.63, 3.8) is 0 Å². The highest BCUT2D eigenvalue weighted by Crippen LogP contribution is 2.19. The predicted octanol–water partition coefficient (Wildman–Crippen LogP) is 4.03. The quantitative estimate of drug-likeness (QED) is 0.759. The Labute approximate surface area is 122 Å². The van der Waals surface area contributed by atoms with Crippen molar-refractivity contribution < 1.29 is 0 Å². The monoisotopic (exact) mass is 280 g/mol. The van der Waals surface area contributed by atoms with E-state index in [-0.39, 0.29) is 5.54 Å². The van der Waals surface area contributed by atoms with Gasteiger partial charge >= 0.3 is 0 Å². The minimum atomic E-state index is 0.180. The van der Waals surface area contributed by atoms with E-state index in [9.17, 15) is 0 Å². The summed E-state index contributed by atoms with van der Waals surface area (Å²) in [6, 6.07) is 4.50. The van der Waals surface area contributed by atoms with Crippen molar-refractivity contribution in [1.82, 2.24) is 10.2 Å². The van der Waals surface area contributed by atoms with Gasteiger partial charge in [0.05, 0.1) is 0 Å². The first kappa shape index (κ1) is 16.4. The number of nitrogens with one attached hydrogen (secondary N) is 1. The van der Waals surface area contributed by atoms with Crippen molar-refractivity contribution >= 4 is 11.3 Å². The van der Waals surface area contributed by atoms with Gasteiger partial charge in [0.2, 0.25) is 0 Å². The molecule has 0 fully saturated rings. The molecule has 19 heavy (non-hydrogen) atoms. The van der Waals surface area contributed by atoms with E-state index >= 15 is 0 Å². The highest BCUT2D eigenvalue weighted by atomic mass is 32.1. The molecule has 108 valence electrons. The summed E-state index contributed by atoms with van der Waals surface area (Å²) in [5, 5.41) is 3.53. The molecular weight excluding hydrogens is 252 g/mol. The third kappa shape index (κ3) is 6.90. The van der Waals surface area contributed by atoms with Crippen LogP contribution < -0.4 is 5.32 Å². The van der Waals surface area contributed by atoms with E-state index in [0.29, 0.717) is 0 Å². The average molecular weight is 280 g/mol. The zero-order valence-electron chi connectivity index (χ0n) is 13.0. The summed E-state index contributed by atoms with van der Waals surface area (Å²) < 4.78 is 0. The van der Waals surface area contributed by atoms with Crippen molar-refractivity contribution in [2.75, 3.05) is 13.1 Å². The lowest BCUT2D eigenvalue weighted by atomic mass is 10.1. The van der Waals surface area contributed by atoms with Gasteiger partial charge in [-0.2, -0.15) is 0 Å². The molecule has 1 aromatic rings. The molecule has 0 bridgehead atoms. The Balaban J connectivity index is 2.52. The molecule has 0 unspecified atom stereocenters. The SMILES string of the molecule is C=C(C)CN(CC)Cc1ccc(CNC(C)(C)C)s1. The van der Waals surface area contributed by atoms with Gasteiger partial charge in [0.15, 0.2) is 0 Å². The molecule has 3 heteroatoms. The van der Waals surface area contributed by atoms with E-state index in [1.165, 1.54) is 15.3 Å². The van der Waals surface area contributed by atoms with Gasteiger partial charge in [-0.3, -0.25) is 4.90 Å². The smallest absolute Gasteiger partial charge is 0.0331 e. The molecule has 1 N–H and O–H groups in total. The molecule has 0 aliphatic rings. The maximum atomic E-state index is 4.00. The fourth-order valence-corrected chi connectivity index (χ4v) is 2.84. The second-order valence-corrected chi connectivity index (χ2v) is 7.48. The number of hydrogen-bond donors (Lipinski definition) is 1. The molecule has 1 heterocycles. The van der Waals surface area contributed by atoms with Crippen LogP contribution in [0.5, 0.6) is 0 Å². The molecular formula is C16H28N2S. The Morgan fingerprint density at radius 2 is 1.95 bits per heavy atom. The number of rotatable bonds is 7. The Hall–Kier alpha value is -0.640. The van der Waals surface area contributed by atoms with Crippen molar-refractivity contribution in [2.45, 2.75) is 53.2 Å². The Morgan fingerprint density at radius 1 is 1.32 bits per heavy atom. The largest absolute Gasteiger partial charge is 0.307 e. The van der Waals surface area contributed by atoms with Crippen LogP contribution in [-0.2, 0) is 13.1 Å². The van der Waals surface area contributed by atoms with E-state index in [0.717, 1.165) is 26.2 Å². The second kappa shape index (κ2) is 7.22. The van der Waals surface area contributed by atoms with Crippen molar-refractivity contribution in [2.24, 2.45) is 0 Å². The van der Waals surface area contributed by atoms with Crippen LogP contribution in [0.4, 0.5) is 0 Å². The van der Waals surface area contributed by atoms with Gasteiger partial charge in [0.1, 0.15) is 0 Å². The first-order chi connectivity index (χ1) is 8.80. The van der Waals surface area contributed by atoms with E-state index in [2.05, 4.69) is 63.5 Å². The Bertz CT molecular complexity index is 401. The Morgan fingerprint density at radius 3 is 2.47 bits per heavy atom. The number of hydrogen-bond acceptors (Lipinski definition) is 3. The molecule has 0 amide bonds. The van der Waals surface area contributed by atoms with Crippen LogP contribution in [0, 0.1) is 0 Å². The molecule has 0 aromatic carbocycles. The van der Waals surface area contributed by atoms with Crippen molar-refractivity contribution in [1.29, 1.82) is 0 Å². The molecule has 0 aliphatic heterocycles. The van der Waals surface area contributed by atoms with Gasteiger partial charge < -0.3 is 5.32 Å². The third-order valence-electron chi connectivity index (χ3n) is 2.83. The van der Waals surface area contributed by atoms with Crippen molar-refractivity contribution in [3.05, 3.63) is 34.0 Å². The van der Waals surface area contributed by atoms with Crippen LogP contribution in [0.3, 0.4) is 0 Å². The molecule has 1 aromatic heterocycles. The summed E-state index contributed by atoms with van der Waals surface area (Å²) in [6.07, 6.45) is 0. The first-order valence-corrected chi connectivity index (χ1v) is 7.81. The lowest BCUT2D eigenvalue weighted by Crippen LogP contribution is -2.34. The van der Waals surface area contributed by atoms with Crippen LogP contribution >= 0.6 is 11.3 Å². The van der Waals surface area contributed by atoms with Gasteiger partial charge in [-0.15, -0.1) is 11.3 Å². The summed E-state index contributed by atoms with van der Waals surface area (Å²) in [4.78, 5) is 5.28. The Kier molecular flexibility index (Phi) is 6.24. The minimum absolute atomic E-state index is 0.180. The molecule has 0 atom stereocenters. The zero-order chi connectivity index (χ0) is 14.5. The fourth-order valence-electron chi connectivity index (χ4n) is 1.84. The molecule has 0 radical (unpaired) electrons. The van der Waals surface area contributed by atoms with E-state index in [4.69, 9.17) is 0 Å². The van der Waals surface area contributed by atoms with E-state index in [1.54, 1.807) is 0 Å². The van der Waals surface area contributed by atoms with E-state index in [1.807, 2.05) is 11.3 Å². The molecule has 2 nitrogen and oxygen atoms in total. The summed E-state index contributed by atoms with van der Waals surface area (Å²) in [5.41, 5.74) is 1.41. The number of thiophene rings is 1. The number of nitrogens with zero attached hydrogens (tertiary/aromatic N) is 1.